The number of H-pyrrole nitrogens is 1. The molecule has 1 fully saturated rings. The Labute approximate surface area is 178 Å². The lowest BCUT2D eigenvalue weighted by Crippen LogP contribution is -2.41. The van der Waals surface area contributed by atoms with E-state index in [1.807, 2.05) is 42.2 Å². The molecule has 0 aliphatic carbocycles. The first-order chi connectivity index (χ1) is 15.1. The van der Waals surface area contributed by atoms with Gasteiger partial charge in [-0.05, 0) is 49.6 Å². The van der Waals surface area contributed by atoms with E-state index in [2.05, 4.69) is 4.98 Å². The maximum Gasteiger partial charge on any atom is 0.336 e. The van der Waals surface area contributed by atoms with E-state index in [0.29, 0.717) is 24.4 Å². The van der Waals surface area contributed by atoms with Crippen LogP contribution in [0.25, 0.3) is 22.0 Å². The molecule has 0 saturated carbocycles. The van der Waals surface area contributed by atoms with E-state index in [-0.39, 0.29) is 18.4 Å². The minimum absolute atomic E-state index is 0.0611. The van der Waals surface area contributed by atoms with Crippen molar-refractivity contribution < 1.29 is 13.9 Å². The van der Waals surface area contributed by atoms with Crippen LogP contribution in [0, 0.1) is 6.92 Å². The van der Waals surface area contributed by atoms with Crippen LogP contribution in [0.15, 0.2) is 57.7 Å². The van der Waals surface area contributed by atoms with Crippen LogP contribution >= 0.6 is 0 Å². The molecule has 0 radical (unpaired) electrons. The molecule has 1 aliphatic heterocycles. The van der Waals surface area contributed by atoms with Crippen molar-refractivity contribution in [2.45, 2.75) is 25.7 Å². The Hall–Kier alpha value is -3.61. The van der Waals surface area contributed by atoms with Crippen molar-refractivity contribution in [3.05, 3.63) is 70.3 Å². The number of fused-ring (bicyclic) bond motifs is 2. The zero-order chi connectivity index (χ0) is 21.4. The molecule has 31 heavy (non-hydrogen) atoms. The third kappa shape index (κ3) is 3.91. The minimum Gasteiger partial charge on any atom is -0.484 e. The number of rotatable bonds is 4. The second-order valence-corrected chi connectivity index (χ2v) is 8.01. The van der Waals surface area contributed by atoms with Gasteiger partial charge in [-0.1, -0.05) is 12.1 Å². The third-order valence-electron chi connectivity index (χ3n) is 5.85. The van der Waals surface area contributed by atoms with Crippen LogP contribution in [-0.4, -0.2) is 40.5 Å². The number of nitrogens with one attached hydrogen (secondary N) is 1. The van der Waals surface area contributed by atoms with Crippen LogP contribution in [-0.2, 0) is 4.79 Å². The summed E-state index contributed by atoms with van der Waals surface area (Å²) in [6.07, 6.45) is 1.92. The van der Waals surface area contributed by atoms with Crippen LogP contribution in [0.2, 0.25) is 0 Å². The lowest BCUT2D eigenvalue weighted by molar-refractivity contribution is -0.134. The van der Waals surface area contributed by atoms with Crippen LogP contribution in [0.3, 0.4) is 0 Å². The summed E-state index contributed by atoms with van der Waals surface area (Å²) in [5.74, 6) is 1.55. The van der Waals surface area contributed by atoms with Crippen molar-refractivity contribution in [1.29, 1.82) is 0 Å². The molecule has 0 bridgehead atoms. The number of ether oxygens (including phenoxy) is 1. The molecule has 4 aromatic rings. The molecule has 1 N–H and O–H groups in total. The summed E-state index contributed by atoms with van der Waals surface area (Å²) in [6, 6.07) is 14.7. The predicted molar refractivity (Wildman–Crippen MR) is 117 cm³/mol. The number of carbonyl (C=O) groups is 1. The van der Waals surface area contributed by atoms with Crippen molar-refractivity contribution in [2.24, 2.45) is 0 Å². The van der Waals surface area contributed by atoms with Crippen LogP contribution < -0.4 is 10.4 Å². The number of aryl methyl sites for hydroxylation is 1. The van der Waals surface area contributed by atoms with Crippen LogP contribution in [0.5, 0.6) is 5.75 Å². The van der Waals surface area contributed by atoms with E-state index < -0.39 is 5.63 Å². The molecule has 1 saturated heterocycles. The lowest BCUT2D eigenvalue weighted by atomic mass is 9.97. The molecule has 1 aliphatic rings. The van der Waals surface area contributed by atoms with Gasteiger partial charge in [-0.2, -0.15) is 0 Å². The molecule has 1 atom stereocenters. The number of benzene rings is 2. The highest BCUT2D eigenvalue weighted by molar-refractivity contribution is 5.82. The summed E-state index contributed by atoms with van der Waals surface area (Å²) in [7, 11) is 0. The highest BCUT2D eigenvalue weighted by Gasteiger charge is 2.27. The fourth-order valence-electron chi connectivity index (χ4n) is 4.22. The van der Waals surface area contributed by atoms with Crippen molar-refractivity contribution in [1.82, 2.24) is 14.9 Å². The molecule has 7 nitrogen and oxygen atoms in total. The summed E-state index contributed by atoms with van der Waals surface area (Å²) in [5, 5.41) is 0.850. The number of carbonyl (C=O) groups excluding carboxylic acids is 1. The predicted octanol–water partition coefficient (Wildman–Crippen LogP) is 3.76. The number of piperidine rings is 1. The number of para-hydroxylation sites is 2. The highest BCUT2D eigenvalue weighted by atomic mass is 16.5. The Bertz CT molecular complexity index is 1290. The molecule has 158 valence electrons. The van der Waals surface area contributed by atoms with Gasteiger partial charge >= 0.3 is 5.63 Å². The first-order valence-corrected chi connectivity index (χ1v) is 10.5. The van der Waals surface area contributed by atoms with Gasteiger partial charge in [-0.25, -0.2) is 9.78 Å². The smallest absolute Gasteiger partial charge is 0.336 e. The van der Waals surface area contributed by atoms with Crippen LogP contribution in [0.1, 0.15) is 30.1 Å². The molecule has 2 aromatic heterocycles. The minimum atomic E-state index is -0.400. The van der Waals surface area contributed by atoms with E-state index >= 15 is 0 Å². The molecular formula is C24H23N3O4. The Morgan fingerprint density at radius 1 is 1.26 bits per heavy atom. The molecule has 7 heteroatoms. The number of aromatic nitrogens is 2. The van der Waals surface area contributed by atoms with Gasteiger partial charge in [0, 0.05) is 36.5 Å². The number of likely N-dealkylation sites (tertiary alicyclic amines) is 1. The number of aromatic amines is 1. The topological polar surface area (TPSA) is 88.4 Å². The number of imidazole rings is 1. The quantitative estimate of drug-likeness (QED) is 0.511. The molecule has 3 heterocycles. The second-order valence-electron chi connectivity index (χ2n) is 8.01. The van der Waals surface area contributed by atoms with Gasteiger partial charge in [-0.15, -0.1) is 0 Å². The Morgan fingerprint density at radius 3 is 3.00 bits per heavy atom. The Kier molecular flexibility index (Phi) is 4.94. The average Bonchev–Trinajstić information content (AvgIpc) is 3.21. The highest BCUT2D eigenvalue weighted by Crippen LogP contribution is 2.27. The number of amides is 1. The van der Waals surface area contributed by atoms with E-state index in [9.17, 15) is 9.59 Å². The third-order valence-corrected chi connectivity index (χ3v) is 5.85. The van der Waals surface area contributed by atoms with E-state index in [1.165, 1.54) is 6.07 Å². The standard InChI is InChI=1S/C24H23N3O4/c1-15-11-23(29)31-21-12-17(8-9-18(15)21)30-14-22(28)27-10-4-5-16(13-27)24-25-19-6-2-3-7-20(19)26-24/h2-3,6-9,11-12,16H,4-5,10,13-14H2,1H3,(H,25,26)/t16-/m1/s1. The maximum absolute atomic E-state index is 12.8. The molecular weight excluding hydrogens is 394 g/mol. The number of nitrogens with zero attached hydrogens (tertiary/aromatic N) is 2. The fourth-order valence-corrected chi connectivity index (χ4v) is 4.22. The summed E-state index contributed by atoms with van der Waals surface area (Å²) >= 11 is 0. The summed E-state index contributed by atoms with van der Waals surface area (Å²) in [6.45, 7) is 3.13. The van der Waals surface area contributed by atoms with Crippen molar-refractivity contribution in [2.75, 3.05) is 19.7 Å². The Morgan fingerprint density at radius 2 is 2.13 bits per heavy atom. The Balaban J connectivity index is 1.26. The molecule has 2 aromatic carbocycles. The summed E-state index contributed by atoms with van der Waals surface area (Å²) in [5.41, 5.74) is 2.87. The van der Waals surface area contributed by atoms with Crippen molar-refractivity contribution >= 4 is 27.9 Å². The van der Waals surface area contributed by atoms with Gasteiger partial charge in [0.1, 0.15) is 17.2 Å². The van der Waals surface area contributed by atoms with Crippen LogP contribution in [0.4, 0.5) is 0 Å². The molecule has 0 unspecified atom stereocenters. The largest absolute Gasteiger partial charge is 0.484 e. The fraction of sp³-hybridized carbons (Fsp3) is 0.292. The first kappa shape index (κ1) is 19.4. The molecule has 1 amide bonds. The second kappa shape index (κ2) is 7.91. The summed E-state index contributed by atoms with van der Waals surface area (Å²) < 4.78 is 11.0. The zero-order valence-electron chi connectivity index (χ0n) is 17.3. The normalized spacial score (nSPS) is 16.7. The number of hydrogen-bond donors (Lipinski definition) is 1. The van der Waals surface area contributed by atoms with Gasteiger partial charge in [0.25, 0.3) is 5.91 Å². The van der Waals surface area contributed by atoms with E-state index in [0.717, 1.165) is 40.6 Å². The van der Waals surface area contributed by atoms with E-state index in [1.54, 1.807) is 12.1 Å². The van der Waals surface area contributed by atoms with Gasteiger partial charge in [0.2, 0.25) is 0 Å². The summed E-state index contributed by atoms with van der Waals surface area (Å²) in [4.78, 5) is 34.3. The van der Waals surface area contributed by atoms with Gasteiger partial charge < -0.3 is 19.0 Å². The molecule has 0 spiro atoms. The van der Waals surface area contributed by atoms with Gasteiger partial charge in [-0.3, -0.25) is 4.79 Å². The molecule has 5 rings (SSSR count). The number of hydrogen-bond acceptors (Lipinski definition) is 5. The van der Waals surface area contributed by atoms with Crippen molar-refractivity contribution in [3.8, 4) is 5.75 Å². The first-order valence-electron chi connectivity index (χ1n) is 10.5. The monoisotopic (exact) mass is 417 g/mol. The van der Waals surface area contributed by atoms with Gasteiger partial charge in [0.15, 0.2) is 6.61 Å². The average molecular weight is 417 g/mol. The van der Waals surface area contributed by atoms with Gasteiger partial charge in [0.05, 0.1) is 11.0 Å². The lowest BCUT2D eigenvalue weighted by Gasteiger charge is -2.31. The maximum atomic E-state index is 12.8. The van der Waals surface area contributed by atoms with Crippen molar-refractivity contribution in [3.63, 3.8) is 0 Å². The zero-order valence-corrected chi connectivity index (χ0v) is 17.3. The SMILES string of the molecule is Cc1cc(=O)oc2cc(OCC(=O)N3CCC[C@@H](c4nc5ccccc5[nH]4)C3)ccc12. The van der Waals surface area contributed by atoms with E-state index in [4.69, 9.17) is 14.1 Å².